The van der Waals surface area contributed by atoms with Crippen molar-refractivity contribution in [3.63, 3.8) is 0 Å². The minimum absolute atomic E-state index is 0.271. The number of aromatic amines is 1. The van der Waals surface area contributed by atoms with Crippen molar-refractivity contribution < 1.29 is 4.79 Å². The van der Waals surface area contributed by atoms with E-state index in [0.29, 0.717) is 11.4 Å². The zero-order chi connectivity index (χ0) is 16.4. The third kappa shape index (κ3) is 2.85. The van der Waals surface area contributed by atoms with Crippen molar-refractivity contribution in [2.75, 3.05) is 23.3 Å². The molecule has 3 aromatic rings. The highest BCUT2D eigenvalue weighted by Crippen LogP contribution is 2.26. The summed E-state index contributed by atoms with van der Waals surface area (Å²) in [6.45, 7) is 1.89. The number of hydrogen-bond donors (Lipinski definition) is 2. The number of nitrogens with one attached hydrogen (secondary N) is 2. The topological polar surface area (TPSA) is 99.7 Å². The van der Waals surface area contributed by atoms with Crippen LogP contribution in [0, 0.1) is 0 Å². The van der Waals surface area contributed by atoms with Gasteiger partial charge in [0, 0.05) is 18.5 Å². The van der Waals surface area contributed by atoms with Gasteiger partial charge in [0.1, 0.15) is 22.7 Å². The quantitative estimate of drug-likeness (QED) is 0.754. The van der Waals surface area contributed by atoms with Gasteiger partial charge in [-0.05, 0) is 12.8 Å². The Balaban J connectivity index is 1.54. The molecule has 8 nitrogen and oxygen atoms in total. The second-order valence-corrected chi connectivity index (χ2v) is 6.27. The molecule has 1 fully saturated rings. The average molecular weight is 341 g/mol. The summed E-state index contributed by atoms with van der Waals surface area (Å²) in [6, 6.07) is 0. The van der Waals surface area contributed by atoms with Crippen LogP contribution < -0.4 is 10.2 Å². The van der Waals surface area contributed by atoms with Crippen molar-refractivity contribution in [1.82, 2.24) is 24.9 Å². The molecule has 1 amide bonds. The van der Waals surface area contributed by atoms with Gasteiger partial charge in [0.05, 0.1) is 24.4 Å². The van der Waals surface area contributed by atoms with Crippen molar-refractivity contribution >= 4 is 28.7 Å². The molecule has 1 saturated heterocycles. The molecule has 0 aromatic carbocycles. The summed E-state index contributed by atoms with van der Waals surface area (Å²) >= 11 is 1.39. The normalized spacial score (nSPS) is 14.1. The summed E-state index contributed by atoms with van der Waals surface area (Å²) in [4.78, 5) is 34.3. The molecule has 2 N–H and O–H groups in total. The van der Waals surface area contributed by atoms with Crippen LogP contribution in [0.3, 0.4) is 0 Å². The number of amides is 1. The smallest absolute Gasteiger partial charge is 0.275 e. The zero-order valence-electron chi connectivity index (χ0n) is 12.8. The second-order valence-electron chi connectivity index (χ2n) is 5.41. The Bertz CT molecular complexity index is 839. The van der Waals surface area contributed by atoms with Gasteiger partial charge in [-0.2, -0.15) is 0 Å². The van der Waals surface area contributed by atoms with E-state index in [-0.39, 0.29) is 5.91 Å². The molecule has 0 aliphatic carbocycles. The number of rotatable bonds is 4. The third-order valence-corrected chi connectivity index (χ3v) is 4.69. The fourth-order valence-electron chi connectivity index (χ4n) is 2.65. The van der Waals surface area contributed by atoms with E-state index in [2.05, 4.69) is 35.1 Å². The predicted octanol–water partition coefficient (Wildman–Crippen LogP) is 2.18. The first-order chi connectivity index (χ1) is 11.8. The standard InChI is InChI=1S/C15H15N7OS/c23-14(12-7-24-15(21-12)11-6-17-8-18-11)20-10-5-16-9-19-13(10)22-3-1-2-4-22/h5-9H,1-4H2,(H,17,18)(H,20,23). The molecule has 1 aliphatic heterocycles. The number of hydrogen-bond acceptors (Lipinski definition) is 7. The van der Waals surface area contributed by atoms with Gasteiger partial charge in [-0.25, -0.2) is 19.9 Å². The Labute approximate surface area is 142 Å². The number of aromatic nitrogens is 5. The molecule has 3 aromatic heterocycles. The van der Waals surface area contributed by atoms with Crippen molar-refractivity contribution in [3.05, 3.63) is 36.1 Å². The highest BCUT2D eigenvalue weighted by atomic mass is 32.1. The third-order valence-electron chi connectivity index (χ3n) is 3.81. The van der Waals surface area contributed by atoms with E-state index in [1.54, 1.807) is 24.1 Å². The Kier molecular flexibility index (Phi) is 3.91. The maximum atomic E-state index is 12.5. The lowest BCUT2D eigenvalue weighted by Crippen LogP contribution is -2.22. The van der Waals surface area contributed by atoms with Crippen LogP contribution >= 0.6 is 11.3 Å². The van der Waals surface area contributed by atoms with Gasteiger partial charge < -0.3 is 15.2 Å². The predicted molar refractivity (Wildman–Crippen MR) is 91.1 cm³/mol. The van der Waals surface area contributed by atoms with Crippen LogP contribution in [0.5, 0.6) is 0 Å². The van der Waals surface area contributed by atoms with Gasteiger partial charge in [0.2, 0.25) is 0 Å². The van der Waals surface area contributed by atoms with Crippen LogP contribution in [0.4, 0.5) is 11.5 Å². The number of H-pyrrole nitrogens is 1. The Morgan fingerprint density at radius 1 is 1.25 bits per heavy atom. The summed E-state index contributed by atoms with van der Waals surface area (Å²) < 4.78 is 0. The molecule has 4 heterocycles. The number of imidazole rings is 1. The SMILES string of the molecule is O=C(Nc1cncnc1N1CCCC1)c1csc(-c2cnc[nH]2)n1. The highest BCUT2D eigenvalue weighted by molar-refractivity contribution is 7.13. The molecule has 0 spiro atoms. The summed E-state index contributed by atoms with van der Waals surface area (Å²) in [5, 5.41) is 5.33. The van der Waals surface area contributed by atoms with E-state index in [0.717, 1.165) is 42.5 Å². The van der Waals surface area contributed by atoms with E-state index in [1.165, 1.54) is 17.7 Å². The highest BCUT2D eigenvalue weighted by Gasteiger charge is 2.20. The number of carbonyl (C=O) groups excluding carboxylic acids is 1. The van der Waals surface area contributed by atoms with Crippen LogP contribution in [0.15, 0.2) is 30.4 Å². The van der Waals surface area contributed by atoms with E-state index in [1.807, 2.05) is 0 Å². The van der Waals surface area contributed by atoms with Crippen LogP contribution in [0.2, 0.25) is 0 Å². The first-order valence-corrected chi connectivity index (χ1v) is 8.50. The molecule has 9 heteroatoms. The number of nitrogens with zero attached hydrogens (tertiary/aromatic N) is 5. The minimum Gasteiger partial charge on any atom is -0.355 e. The summed E-state index contributed by atoms with van der Waals surface area (Å²) in [5.41, 5.74) is 1.76. The maximum Gasteiger partial charge on any atom is 0.275 e. The molecule has 0 bridgehead atoms. The lowest BCUT2D eigenvalue weighted by molar-refractivity contribution is 0.102. The van der Waals surface area contributed by atoms with Gasteiger partial charge in [-0.1, -0.05) is 0 Å². The first kappa shape index (κ1) is 14.8. The monoisotopic (exact) mass is 341 g/mol. The lowest BCUT2D eigenvalue weighted by Gasteiger charge is -2.19. The van der Waals surface area contributed by atoms with Crippen LogP contribution in [-0.4, -0.2) is 43.9 Å². The Hall–Kier alpha value is -2.81. The van der Waals surface area contributed by atoms with Crippen molar-refractivity contribution in [2.24, 2.45) is 0 Å². The molecule has 0 atom stereocenters. The van der Waals surface area contributed by atoms with Crippen molar-refractivity contribution in [2.45, 2.75) is 12.8 Å². The summed E-state index contributed by atoms with van der Waals surface area (Å²) in [5.74, 6) is 0.493. The molecule has 122 valence electrons. The fourth-order valence-corrected chi connectivity index (χ4v) is 3.43. The molecule has 0 saturated carbocycles. The van der Waals surface area contributed by atoms with Gasteiger partial charge >= 0.3 is 0 Å². The summed E-state index contributed by atoms with van der Waals surface area (Å²) in [7, 11) is 0. The fraction of sp³-hybridized carbons (Fsp3) is 0.267. The van der Waals surface area contributed by atoms with Crippen LogP contribution in [-0.2, 0) is 0 Å². The summed E-state index contributed by atoms with van der Waals surface area (Å²) in [6.07, 6.45) is 8.66. The largest absolute Gasteiger partial charge is 0.355 e. The molecule has 0 unspecified atom stereocenters. The molecule has 4 rings (SSSR count). The Morgan fingerprint density at radius 2 is 2.12 bits per heavy atom. The van der Waals surface area contributed by atoms with Gasteiger partial charge in [-0.3, -0.25) is 4.79 Å². The zero-order valence-corrected chi connectivity index (χ0v) is 13.6. The van der Waals surface area contributed by atoms with Crippen LogP contribution in [0.25, 0.3) is 10.7 Å². The first-order valence-electron chi connectivity index (χ1n) is 7.62. The van der Waals surface area contributed by atoms with E-state index < -0.39 is 0 Å². The molecule has 1 aliphatic rings. The maximum absolute atomic E-state index is 12.5. The molecule has 24 heavy (non-hydrogen) atoms. The van der Waals surface area contributed by atoms with Crippen molar-refractivity contribution in [1.29, 1.82) is 0 Å². The molecular formula is C15H15N7OS. The van der Waals surface area contributed by atoms with Gasteiger partial charge in [-0.15, -0.1) is 11.3 Å². The minimum atomic E-state index is -0.271. The Morgan fingerprint density at radius 3 is 2.92 bits per heavy atom. The number of thiazole rings is 1. The van der Waals surface area contributed by atoms with Gasteiger partial charge in [0.25, 0.3) is 5.91 Å². The average Bonchev–Trinajstić information content (AvgIpc) is 3.35. The molecular weight excluding hydrogens is 326 g/mol. The number of carbonyl (C=O) groups is 1. The van der Waals surface area contributed by atoms with E-state index >= 15 is 0 Å². The molecule has 0 radical (unpaired) electrons. The lowest BCUT2D eigenvalue weighted by atomic mass is 10.3. The van der Waals surface area contributed by atoms with E-state index in [9.17, 15) is 4.79 Å². The van der Waals surface area contributed by atoms with Crippen LogP contribution in [0.1, 0.15) is 23.3 Å². The number of anilines is 2. The van der Waals surface area contributed by atoms with Crippen molar-refractivity contribution in [3.8, 4) is 10.7 Å². The van der Waals surface area contributed by atoms with E-state index in [4.69, 9.17) is 0 Å². The second kappa shape index (κ2) is 6.36. The van der Waals surface area contributed by atoms with Gasteiger partial charge in [0.15, 0.2) is 5.82 Å².